The SMILES string of the molecule is CC(=O)c1c(C)cc2c3cccn3ccn12. The molecule has 3 heteroatoms. The topological polar surface area (TPSA) is 25.9 Å². The highest BCUT2D eigenvalue weighted by molar-refractivity contribution is 5.97. The molecule has 16 heavy (non-hydrogen) atoms. The first-order chi connectivity index (χ1) is 7.68. The maximum absolute atomic E-state index is 11.6. The quantitative estimate of drug-likeness (QED) is 0.569. The third-order valence-corrected chi connectivity index (χ3v) is 2.98. The molecule has 0 aliphatic carbocycles. The second-order valence-electron chi connectivity index (χ2n) is 4.09. The lowest BCUT2D eigenvalue weighted by Gasteiger charge is -2.02. The Morgan fingerprint density at radius 3 is 2.75 bits per heavy atom. The number of aromatic nitrogens is 2. The zero-order chi connectivity index (χ0) is 11.3. The van der Waals surface area contributed by atoms with E-state index in [4.69, 9.17) is 0 Å². The van der Waals surface area contributed by atoms with Crippen LogP contribution < -0.4 is 0 Å². The summed E-state index contributed by atoms with van der Waals surface area (Å²) in [6.45, 7) is 3.58. The van der Waals surface area contributed by atoms with E-state index in [-0.39, 0.29) is 5.78 Å². The van der Waals surface area contributed by atoms with Crippen LogP contribution in [0.5, 0.6) is 0 Å². The van der Waals surface area contributed by atoms with Crippen LogP contribution in [0.25, 0.3) is 11.0 Å². The molecule has 0 aliphatic rings. The van der Waals surface area contributed by atoms with Crippen LogP contribution in [0.3, 0.4) is 0 Å². The summed E-state index contributed by atoms with van der Waals surface area (Å²) in [5, 5.41) is 0. The van der Waals surface area contributed by atoms with E-state index in [2.05, 4.69) is 16.5 Å². The first kappa shape index (κ1) is 9.21. The highest BCUT2D eigenvalue weighted by Crippen LogP contribution is 2.21. The number of Topliss-reactive ketones (excluding diaryl/α,β-unsaturated/α-hetero) is 1. The molecule has 0 fully saturated rings. The highest BCUT2D eigenvalue weighted by Gasteiger charge is 2.12. The van der Waals surface area contributed by atoms with Crippen molar-refractivity contribution in [3.63, 3.8) is 0 Å². The summed E-state index contributed by atoms with van der Waals surface area (Å²) in [5.41, 5.74) is 4.01. The summed E-state index contributed by atoms with van der Waals surface area (Å²) in [7, 11) is 0. The molecule has 3 heterocycles. The Morgan fingerprint density at radius 2 is 2.00 bits per heavy atom. The molecule has 0 amide bonds. The minimum atomic E-state index is 0.105. The predicted molar refractivity (Wildman–Crippen MR) is 63.1 cm³/mol. The number of fused-ring (bicyclic) bond motifs is 3. The molecule has 0 aromatic carbocycles. The van der Waals surface area contributed by atoms with E-state index in [0.717, 1.165) is 22.3 Å². The van der Waals surface area contributed by atoms with E-state index in [1.807, 2.05) is 36.0 Å². The normalized spacial score (nSPS) is 11.4. The van der Waals surface area contributed by atoms with Crippen molar-refractivity contribution in [2.45, 2.75) is 13.8 Å². The molecular formula is C13H12N2O. The van der Waals surface area contributed by atoms with E-state index >= 15 is 0 Å². The third kappa shape index (κ3) is 1.05. The largest absolute Gasteiger partial charge is 0.320 e. The van der Waals surface area contributed by atoms with Gasteiger partial charge in [-0.25, -0.2) is 0 Å². The fraction of sp³-hybridized carbons (Fsp3) is 0.154. The Bertz CT molecular complexity index is 703. The van der Waals surface area contributed by atoms with Gasteiger partial charge in [-0.3, -0.25) is 4.79 Å². The molecule has 3 aromatic heterocycles. The zero-order valence-corrected chi connectivity index (χ0v) is 9.27. The van der Waals surface area contributed by atoms with Crippen LogP contribution in [0.4, 0.5) is 0 Å². The molecule has 0 atom stereocenters. The number of aryl methyl sites for hydroxylation is 1. The molecule has 0 spiro atoms. The summed E-state index contributed by atoms with van der Waals surface area (Å²) in [6.07, 6.45) is 5.91. The summed E-state index contributed by atoms with van der Waals surface area (Å²) in [4.78, 5) is 11.6. The second-order valence-corrected chi connectivity index (χ2v) is 4.09. The van der Waals surface area contributed by atoms with Crippen molar-refractivity contribution in [1.29, 1.82) is 0 Å². The van der Waals surface area contributed by atoms with Crippen molar-refractivity contribution in [2.24, 2.45) is 0 Å². The van der Waals surface area contributed by atoms with E-state index in [1.165, 1.54) is 0 Å². The van der Waals surface area contributed by atoms with Crippen molar-refractivity contribution < 1.29 is 4.79 Å². The minimum absolute atomic E-state index is 0.105. The van der Waals surface area contributed by atoms with Gasteiger partial charge in [0.25, 0.3) is 0 Å². The zero-order valence-electron chi connectivity index (χ0n) is 9.27. The minimum Gasteiger partial charge on any atom is -0.320 e. The lowest BCUT2D eigenvalue weighted by Crippen LogP contribution is -2.01. The van der Waals surface area contributed by atoms with Gasteiger partial charge < -0.3 is 8.80 Å². The maximum Gasteiger partial charge on any atom is 0.176 e. The van der Waals surface area contributed by atoms with Gasteiger partial charge in [-0.1, -0.05) is 0 Å². The van der Waals surface area contributed by atoms with Gasteiger partial charge in [0.15, 0.2) is 5.78 Å². The summed E-state index contributed by atoms with van der Waals surface area (Å²) in [5.74, 6) is 0.105. The second kappa shape index (κ2) is 2.98. The molecule has 80 valence electrons. The van der Waals surface area contributed by atoms with Crippen LogP contribution in [-0.2, 0) is 0 Å². The lowest BCUT2D eigenvalue weighted by molar-refractivity contribution is 0.101. The number of hydrogen-bond acceptors (Lipinski definition) is 1. The number of carbonyl (C=O) groups is 1. The van der Waals surface area contributed by atoms with Crippen LogP contribution in [0.1, 0.15) is 23.0 Å². The molecule has 0 aliphatic heterocycles. The molecule has 3 nitrogen and oxygen atoms in total. The van der Waals surface area contributed by atoms with Crippen LogP contribution in [0.2, 0.25) is 0 Å². The average Bonchev–Trinajstić information content (AvgIpc) is 2.78. The van der Waals surface area contributed by atoms with E-state index in [1.54, 1.807) is 6.92 Å². The number of ketones is 1. The molecule has 0 saturated carbocycles. The standard InChI is InChI=1S/C13H12N2O/c1-9-8-12-11-4-3-5-14(11)6-7-15(12)13(9)10(2)16/h3-8H,1-2H3. The maximum atomic E-state index is 11.6. The highest BCUT2D eigenvalue weighted by atomic mass is 16.1. The predicted octanol–water partition coefficient (Wildman–Crippen LogP) is 2.70. The van der Waals surface area contributed by atoms with E-state index in [9.17, 15) is 4.79 Å². The Balaban J connectivity index is 2.55. The Morgan fingerprint density at radius 1 is 1.19 bits per heavy atom. The summed E-state index contributed by atoms with van der Waals surface area (Å²) in [6, 6.07) is 6.12. The van der Waals surface area contributed by atoms with Crippen LogP contribution in [0.15, 0.2) is 36.8 Å². The van der Waals surface area contributed by atoms with Crippen LogP contribution >= 0.6 is 0 Å². The average molecular weight is 212 g/mol. The summed E-state index contributed by atoms with van der Waals surface area (Å²) >= 11 is 0. The van der Waals surface area contributed by atoms with Crippen LogP contribution in [0, 0.1) is 6.92 Å². The van der Waals surface area contributed by atoms with Crippen molar-refractivity contribution in [3.05, 3.63) is 48.0 Å². The lowest BCUT2D eigenvalue weighted by atomic mass is 10.2. The fourth-order valence-electron chi connectivity index (χ4n) is 2.33. The number of hydrogen-bond donors (Lipinski definition) is 0. The van der Waals surface area contributed by atoms with Crippen molar-refractivity contribution in [2.75, 3.05) is 0 Å². The van der Waals surface area contributed by atoms with E-state index in [0.29, 0.717) is 0 Å². The van der Waals surface area contributed by atoms with Gasteiger partial charge in [0.1, 0.15) is 0 Å². The third-order valence-electron chi connectivity index (χ3n) is 2.98. The van der Waals surface area contributed by atoms with Gasteiger partial charge in [-0.2, -0.15) is 0 Å². The van der Waals surface area contributed by atoms with Gasteiger partial charge in [-0.05, 0) is 30.7 Å². The fourth-order valence-corrected chi connectivity index (χ4v) is 2.33. The molecule has 0 unspecified atom stereocenters. The Hall–Kier alpha value is -2.03. The first-order valence-electron chi connectivity index (χ1n) is 5.27. The van der Waals surface area contributed by atoms with Crippen molar-refractivity contribution >= 4 is 16.8 Å². The number of carbonyl (C=O) groups excluding carboxylic acids is 1. The van der Waals surface area contributed by atoms with Crippen molar-refractivity contribution in [1.82, 2.24) is 8.80 Å². The first-order valence-corrected chi connectivity index (χ1v) is 5.27. The van der Waals surface area contributed by atoms with Gasteiger partial charge >= 0.3 is 0 Å². The summed E-state index contributed by atoms with van der Waals surface area (Å²) < 4.78 is 4.02. The number of nitrogens with zero attached hydrogens (tertiary/aromatic N) is 2. The molecule has 3 aromatic rings. The molecule has 0 bridgehead atoms. The molecular weight excluding hydrogens is 200 g/mol. The van der Waals surface area contributed by atoms with E-state index < -0.39 is 0 Å². The Kier molecular flexibility index (Phi) is 1.72. The van der Waals surface area contributed by atoms with Gasteiger partial charge in [0.05, 0.1) is 16.7 Å². The van der Waals surface area contributed by atoms with Crippen molar-refractivity contribution in [3.8, 4) is 0 Å². The van der Waals surface area contributed by atoms with Gasteiger partial charge in [0.2, 0.25) is 0 Å². The molecule has 0 N–H and O–H groups in total. The number of rotatable bonds is 1. The van der Waals surface area contributed by atoms with Gasteiger partial charge in [-0.15, -0.1) is 0 Å². The van der Waals surface area contributed by atoms with Gasteiger partial charge in [0, 0.05) is 25.5 Å². The Labute approximate surface area is 92.9 Å². The molecule has 0 saturated heterocycles. The molecule has 0 radical (unpaired) electrons. The van der Waals surface area contributed by atoms with Crippen LogP contribution in [-0.4, -0.2) is 14.6 Å². The monoisotopic (exact) mass is 212 g/mol. The smallest absolute Gasteiger partial charge is 0.176 e. The molecule has 3 rings (SSSR count).